The molecule has 0 spiro atoms. The summed E-state index contributed by atoms with van der Waals surface area (Å²) in [4.78, 5) is 61.0. The van der Waals surface area contributed by atoms with Crippen LogP contribution in [-0.4, -0.2) is 71.3 Å². The molecular formula is C27H38N4O6. The lowest BCUT2D eigenvalue weighted by atomic mass is 9.81. The van der Waals surface area contributed by atoms with Gasteiger partial charge in [0, 0.05) is 44.6 Å². The number of aromatic nitrogens is 2. The van der Waals surface area contributed by atoms with Gasteiger partial charge in [-0.2, -0.15) is 0 Å². The molecular weight excluding hydrogens is 476 g/mol. The molecule has 202 valence electrons. The van der Waals surface area contributed by atoms with E-state index in [0.29, 0.717) is 42.8 Å². The Morgan fingerprint density at radius 2 is 1.65 bits per heavy atom. The molecule has 2 heterocycles. The van der Waals surface area contributed by atoms with Crippen LogP contribution in [0.1, 0.15) is 46.0 Å². The number of amides is 2. The van der Waals surface area contributed by atoms with Gasteiger partial charge in [0.1, 0.15) is 12.9 Å². The molecule has 10 nitrogen and oxygen atoms in total. The molecule has 0 bridgehead atoms. The molecule has 4 rings (SSSR count). The first-order valence-electron chi connectivity index (χ1n) is 13.2. The number of hydrogen-bond acceptors (Lipinski definition) is 6. The quantitative estimate of drug-likeness (QED) is 0.558. The van der Waals surface area contributed by atoms with Crippen molar-refractivity contribution in [3.05, 3.63) is 39.0 Å². The van der Waals surface area contributed by atoms with Crippen LogP contribution in [0.3, 0.4) is 0 Å². The molecule has 1 aromatic heterocycles. The molecule has 1 aliphatic heterocycles. The van der Waals surface area contributed by atoms with Crippen LogP contribution in [0.2, 0.25) is 0 Å². The highest BCUT2D eigenvalue weighted by Crippen LogP contribution is 2.31. The number of nitrogens with zero attached hydrogens (tertiary/aromatic N) is 4. The van der Waals surface area contributed by atoms with Crippen molar-refractivity contribution in [3.8, 4) is 5.75 Å². The van der Waals surface area contributed by atoms with Gasteiger partial charge in [-0.15, -0.1) is 4.73 Å². The van der Waals surface area contributed by atoms with E-state index in [2.05, 4.69) is 0 Å². The zero-order chi connectivity index (χ0) is 26.7. The second kappa shape index (κ2) is 11.4. The second-order valence-corrected chi connectivity index (χ2v) is 10.2. The van der Waals surface area contributed by atoms with Crippen LogP contribution < -0.4 is 20.8 Å². The zero-order valence-corrected chi connectivity index (χ0v) is 22.3. The van der Waals surface area contributed by atoms with Gasteiger partial charge in [0.05, 0.1) is 18.0 Å². The molecule has 1 saturated heterocycles. The van der Waals surface area contributed by atoms with Crippen molar-refractivity contribution >= 4 is 22.7 Å². The van der Waals surface area contributed by atoms with E-state index in [1.54, 1.807) is 18.2 Å². The molecule has 10 heteroatoms. The Bertz CT molecular complexity index is 1250. The molecule has 2 aromatic rings. The third kappa shape index (κ3) is 5.38. The lowest BCUT2D eigenvalue weighted by Crippen LogP contribution is -2.53. The van der Waals surface area contributed by atoms with Crippen LogP contribution in [-0.2, 0) is 16.1 Å². The number of methoxy groups -OCH3 is 1. The molecule has 0 N–H and O–H groups in total. The number of carbonyl (C=O) groups is 2. The fourth-order valence-electron chi connectivity index (χ4n) is 5.51. The van der Waals surface area contributed by atoms with E-state index in [1.165, 1.54) is 18.8 Å². The number of fused-ring (bicyclic) bond motifs is 1. The average Bonchev–Trinajstić information content (AvgIpc) is 2.94. The summed E-state index contributed by atoms with van der Waals surface area (Å²) in [6.07, 6.45) is 3.80. The first-order valence-corrected chi connectivity index (χ1v) is 13.2. The summed E-state index contributed by atoms with van der Waals surface area (Å²) < 4.78 is 7.63. The highest BCUT2D eigenvalue weighted by Gasteiger charge is 2.33. The molecule has 1 unspecified atom stereocenters. The van der Waals surface area contributed by atoms with Gasteiger partial charge in [0.25, 0.3) is 5.56 Å². The molecule has 2 aliphatic rings. The van der Waals surface area contributed by atoms with Crippen molar-refractivity contribution in [2.24, 2.45) is 17.8 Å². The van der Waals surface area contributed by atoms with E-state index in [4.69, 9.17) is 9.57 Å². The second-order valence-electron chi connectivity index (χ2n) is 10.2. The van der Waals surface area contributed by atoms with E-state index in [9.17, 15) is 19.2 Å². The largest absolute Gasteiger partial charge is 0.497 e. The summed E-state index contributed by atoms with van der Waals surface area (Å²) in [6.45, 7) is 6.58. The Balaban J connectivity index is 1.39. The summed E-state index contributed by atoms with van der Waals surface area (Å²) in [5, 5.41) is 0.357. The number of ether oxygens (including phenoxy) is 1. The minimum Gasteiger partial charge on any atom is -0.497 e. The average molecular weight is 515 g/mol. The van der Waals surface area contributed by atoms with Gasteiger partial charge in [0.2, 0.25) is 11.8 Å². The SMILES string of the molecule is CCC(C)C(=O)N1CCN(C(=O)C2CCC(Cn3c(=O)c4cc(OC)ccc4n(OC)c3=O)CC2)CC1. The first-order chi connectivity index (χ1) is 17.8. The molecule has 2 amide bonds. The molecule has 1 aromatic carbocycles. The Hall–Kier alpha value is -3.30. The molecule has 1 saturated carbocycles. The van der Waals surface area contributed by atoms with E-state index in [0.717, 1.165) is 36.8 Å². The van der Waals surface area contributed by atoms with Gasteiger partial charge in [-0.25, -0.2) is 4.79 Å². The molecule has 0 radical (unpaired) electrons. The molecule has 1 aliphatic carbocycles. The highest BCUT2D eigenvalue weighted by molar-refractivity contribution is 5.81. The summed E-state index contributed by atoms with van der Waals surface area (Å²) in [6, 6.07) is 4.94. The van der Waals surface area contributed by atoms with Crippen LogP contribution >= 0.6 is 0 Å². The maximum atomic E-state index is 13.2. The standard InChI is InChI=1S/C27H38N4O6/c1-5-18(2)24(32)28-12-14-29(15-13-28)25(33)20-8-6-19(7-9-20)17-30-26(34)22-16-21(36-3)10-11-23(22)31(37-4)27(30)35/h10-11,16,18-20H,5-9,12-15,17H2,1-4H3. The number of carbonyl (C=O) groups excluding carboxylic acids is 2. The maximum Gasteiger partial charge on any atom is 0.364 e. The van der Waals surface area contributed by atoms with Crippen LogP contribution in [0.5, 0.6) is 5.75 Å². The number of benzene rings is 1. The Kier molecular flexibility index (Phi) is 8.24. The van der Waals surface area contributed by atoms with Crippen molar-refractivity contribution in [2.75, 3.05) is 40.4 Å². The monoisotopic (exact) mass is 514 g/mol. The van der Waals surface area contributed by atoms with Crippen molar-refractivity contribution in [3.63, 3.8) is 0 Å². The number of rotatable bonds is 7. The van der Waals surface area contributed by atoms with E-state index < -0.39 is 5.69 Å². The highest BCUT2D eigenvalue weighted by atomic mass is 16.7. The summed E-state index contributed by atoms with van der Waals surface area (Å²) in [7, 11) is 2.93. The normalized spacial score (nSPS) is 21.1. The van der Waals surface area contributed by atoms with Gasteiger partial charge < -0.3 is 19.4 Å². The Morgan fingerprint density at radius 3 is 2.24 bits per heavy atom. The summed E-state index contributed by atoms with van der Waals surface area (Å²) in [5.74, 6) is 0.939. The van der Waals surface area contributed by atoms with Gasteiger partial charge in [-0.1, -0.05) is 13.8 Å². The predicted octanol–water partition coefficient (Wildman–Crippen LogP) is 1.75. The predicted molar refractivity (Wildman–Crippen MR) is 140 cm³/mol. The van der Waals surface area contributed by atoms with Crippen molar-refractivity contribution in [1.29, 1.82) is 0 Å². The smallest absolute Gasteiger partial charge is 0.364 e. The van der Waals surface area contributed by atoms with Crippen LogP contribution in [0.15, 0.2) is 27.8 Å². The Morgan fingerprint density at radius 1 is 1.00 bits per heavy atom. The van der Waals surface area contributed by atoms with Gasteiger partial charge in [-0.3, -0.25) is 19.0 Å². The van der Waals surface area contributed by atoms with Crippen molar-refractivity contribution in [1.82, 2.24) is 19.1 Å². The molecule has 1 atom stereocenters. The Labute approximate surface area is 216 Å². The topological polar surface area (TPSA) is 103 Å². The summed E-state index contributed by atoms with van der Waals surface area (Å²) >= 11 is 0. The fraction of sp³-hybridized carbons (Fsp3) is 0.630. The van der Waals surface area contributed by atoms with Crippen LogP contribution in [0.4, 0.5) is 0 Å². The number of hydrogen-bond donors (Lipinski definition) is 0. The fourth-order valence-corrected chi connectivity index (χ4v) is 5.51. The van der Waals surface area contributed by atoms with E-state index in [-0.39, 0.29) is 41.7 Å². The minimum atomic E-state index is -0.506. The van der Waals surface area contributed by atoms with E-state index >= 15 is 0 Å². The maximum absolute atomic E-state index is 13.2. The molecule has 37 heavy (non-hydrogen) atoms. The van der Waals surface area contributed by atoms with Crippen LogP contribution in [0, 0.1) is 17.8 Å². The first kappa shape index (κ1) is 26.8. The third-order valence-electron chi connectivity index (χ3n) is 8.06. The van der Waals surface area contributed by atoms with Crippen molar-refractivity contribution < 1.29 is 19.2 Å². The van der Waals surface area contributed by atoms with Gasteiger partial charge >= 0.3 is 5.69 Å². The lowest BCUT2D eigenvalue weighted by molar-refractivity contribution is -0.144. The zero-order valence-electron chi connectivity index (χ0n) is 22.3. The molecule has 2 fully saturated rings. The van der Waals surface area contributed by atoms with Crippen LogP contribution in [0.25, 0.3) is 10.9 Å². The van der Waals surface area contributed by atoms with Crippen molar-refractivity contribution in [2.45, 2.75) is 52.5 Å². The summed E-state index contributed by atoms with van der Waals surface area (Å²) in [5.41, 5.74) is -0.474. The minimum absolute atomic E-state index is 0.0164. The van der Waals surface area contributed by atoms with E-state index in [1.807, 2.05) is 23.6 Å². The van der Waals surface area contributed by atoms with Gasteiger partial charge in [-0.05, 0) is 56.2 Å². The third-order valence-corrected chi connectivity index (χ3v) is 8.06. The number of piperazine rings is 1. The lowest BCUT2D eigenvalue weighted by Gasteiger charge is -2.38. The van der Waals surface area contributed by atoms with Gasteiger partial charge in [0.15, 0.2) is 0 Å².